The first kappa shape index (κ1) is 17.9. The molecule has 0 aliphatic carbocycles. The Labute approximate surface area is 129 Å². The molecule has 1 aromatic heterocycles. The van der Waals surface area contributed by atoms with Crippen molar-refractivity contribution in [2.75, 3.05) is 20.3 Å². The van der Waals surface area contributed by atoms with Crippen LogP contribution >= 0.6 is 0 Å². The third-order valence-electron chi connectivity index (χ3n) is 3.08. The molecule has 0 radical (unpaired) electrons. The molecule has 0 aliphatic heterocycles. The van der Waals surface area contributed by atoms with E-state index in [0.29, 0.717) is 24.3 Å². The lowest BCUT2D eigenvalue weighted by atomic mass is 10.1. The van der Waals surface area contributed by atoms with Crippen LogP contribution < -0.4 is 10.1 Å². The summed E-state index contributed by atoms with van der Waals surface area (Å²) in [6, 6.07) is 4.18. The standard InChI is InChI=1S/C17H30N2O2/c1-12(2)9-18-10-15-7-16(13(3)4)19-17(8-15)21-14(5)11-20-6/h7-8,12-14,18H,9-11H2,1-6H3. The Bertz CT molecular complexity index is 419. The van der Waals surface area contributed by atoms with Crippen molar-refractivity contribution >= 4 is 0 Å². The zero-order valence-corrected chi connectivity index (χ0v) is 14.3. The molecule has 120 valence electrons. The minimum atomic E-state index is 0.00128. The highest BCUT2D eigenvalue weighted by molar-refractivity contribution is 5.26. The highest BCUT2D eigenvalue weighted by Crippen LogP contribution is 2.20. The molecule has 1 aromatic rings. The van der Waals surface area contributed by atoms with Crippen LogP contribution in [0.3, 0.4) is 0 Å². The second-order valence-corrected chi connectivity index (χ2v) is 6.30. The van der Waals surface area contributed by atoms with Crippen LogP contribution in [0, 0.1) is 5.92 Å². The first-order chi connectivity index (χ1) is 9.92. The lowest BCUT2D eigenvalue weighted by Gasteiger charge is -2.16. The van der Waals surface area contributed by atoms with Crippen molar-refractivity contribution in [1.29, 1.82) is 0 Å². The molecule has 1 heterocycles. The van der Waals surface area contributed by atoms with Crippen molar-refractivity contribution in [3.05, 3.63) is 23.4 Å². The molecule has 4 heteroatoms. The fourth-order valence-corrected chi connectivity index (χ4v) is 2.02. The Hall–Kier alpha value is -1.13. The predicted molar refractivity (Wildman–Crippen MR) is 86.8 cm³/mol. The largest absolute Gasteiger partial charge is 0.472 e. The summed E-state index contributed by atoms with van der Waals surface area (Å²) >= 11 is 0. The second kappa shape index (κ2) is 9.00. The molecule has 4 nitrogen and oxygen atoms in total. The monoisotopic (exact) mass is 294 g/mol. The van der Waals surface area contributed by atoms with Crippen molar-refractivity contribution in [2.24, 2.45) is 5.92 Å². The molecular formula is C17H30N2O2. The average molecular weight is 294 g/mol. The van der Waals surface area contributed by atoms with Gasteiger partial charge < -0.3 is 14.8 Å². The molecule has 0 saturated heterocycles. The third kappa shape index (κ3) is 6.91. The fourth-order valence-electron chi connectivity index (χ4n) is 2.02. The average Bonchev–Trinajstić information content (AvgIpc) is 2.38. The van der Waals surface area contributed by atoms with Crippen LogP contribution in [0.2, 0.25) is 0 Å². The molecule has 0 saturated carbocycles. The van der Waals surface area contributed by atoms with Gasteiger partial charge in [0.05, 0.1) is 6.61 Å². The maximum absolute atomic E-state index is 5.85. The van der Waals surface area contributed by atoms with E-state index in [0.717, 1.165) is 18.8 Å². The zero-order valence-electron chi connectivity index (χ0n) is 14.3. The van der Waals surface area contributed by atoms with Gasteiger partial charge in [-0.25, -0.2) is 4.98 Å². The summed E-state index contributed by atoms with van der Waals surface area (Å²) in [5.41, 5.74) is 2.28. The lowest BCUT2D eigenvalue weighted by molar-refractivity contribution is 0.0887. The van der Waals surface area contributed by atoms with Gasteiger partial charge in [0, 0.05) is 25.4 Å². The molecule has 21 heavy (non-hydrogen) atoms. The highest BCUT2D eigenvalue weighted by atomic mass is 16.5. The van der Waals surface area contributed by atoms with Crippen LogP contribution in [0.1, 0.15) is 51.8 Å². The number of rotatable bonds is 9. The van der Waals surface area contributed by atoms with Gasteiger partial charge in [0.1, 0.15) is 6.10 Å². The van der Waals surface area contributed by atoms with Crippen LogP contribution in [-0.4, -0.2) is 31.3 Å². The van der Waals surface area contributed by atoms with E-state index < -0.39 is 0 Å². The first-order valence-electron chi connectivity index (χ1n) is 7.79. The Kier molecular flexibility index (Phi) is 7.68. The number of pyridine rings is 1. The van der Waals surface area contributed by atoms with Gasteiger partial charge in [0.15, 0.2) is 0 Å². The summed E-state index contributed by atoms with van der Waals surface area (Å²) in [7, 11) is 1.68. The van der Waals surface area contributed by atoms with Gasteiger partial charge in [-0.2, -0.15) is 0 Å². The van der Waals surface area contributed by atoms with Crippen molar-refractivity contribution in [1.82, 2.24) is 10.3 Å². The van der Waals surface area contributed by atoms with Crippen LogP contribution in [0.5, 0.6) is 5.88 Å². The SMILES string of the molecule is COCC(C)Oc1cc(CNCC(C)C)cc(C(C)C)n1. The zero-order chi connectivity index (χ0) is 15.8. The molecule has 0 aromatic carbocycles. The van der Waals surface area contributed by atoms with E-state index in [1.807, 2.05) is 13.0 Å². The van der Waals surface area contributed by atoms with Crippen LogP contribution in [0.25, 0.3) is 0 Å². The maximum Gasteiger partial charge on any atom is 0.214 e. The van der Waals surface area contributed by atoms with Crippen LogP contribution in [0.4, 0.5) is 0 Å². The number of aromatic nitrogens is 1. The van der Waals surface area contributed by atoms with Gasteiger partial charge in [-0.1, -0.05) is 27.7 Å². The second-order valence-electron chi connectivity index (χ2n) is 6.30. The van der Waals surface area contributed by atoms with E-state index in [2.05, 4.69) is 44.1 Å². The Morgan fingerprint density at radius 3 is 2.43 bits per heavy atom. The van der Waals surface area contributed by atoms with E-state index in [4.69, 9.17) is 9.47 Å². The normalized spacial score (nSPS) is 13.0. The van der Waals surface area contributed by atoms with E-state index in [1.54, 1.807) is 7.11 Å². The predicted octanol–water partition coefficient (Wildman–Crippen LogP) is 3.36. The summed E-state index contributed by atoms with van der Waals surface area (Å²) in [6.07, 6.45) is 0.00128. The topological polar surface area (TPSA) is 43.4 Å². The van der Waals surface area contributed by atoms with Gasteiger partial charge in [0.2, 0.25) is 5.88 Å². The van der Waals surface area contributed by atoms with Crippen LogP contribution in [-0.2, 0) is 11.3 Å². The quantitative estimate of drug-likeness (QED) is 0.758. The molecule has 0 aliphatic rings. The summed E-state index contributed by atoms with van der Waals surface area (Å²) < 4.78 is 11.0. The number of nitrogens with one attached hydrogen (secondary N) is 1. The van der Waals surface area contributed by atoms with E-state index in [1.165, 1.54) is 5.56 Å². The minimum Gasteiger partial charge on any atom is -0.472 e. The highest BCUT2D eigenvalue weighted by Gasteiger charge is 2.10. The number of ether oxygens (including phenoxy) is 2. The van der Waals surface area contributed by atoms with Crippen molar-refractivity contribution in [3.63, 3.8) is 0 Å². The fraction of sp³-hybridized carbons (Fsp3) is 0.706. The number of methoxy groups -OCH3 is 1. The number of hydrogen-bond donors (Lipinski definition) is 1. The molecule has 1 atom stereocenters. The molecule has 1 unspecified atom stereocenters. The molecule has 1 rings (SSSR count). The van der Waals surface area contributed by atoms with E-state index in [9.17, 15) is 0 Å². The summed E-state index contributed by atoms with van der Waals surface area (Å²) in [4.78, 5) is 4.59. The van der Waals surface area contributed by atoms with E-state index >= 15 is 0 Å². The van der Waals surface area contributed by atoms with Crippen molar-refractivity contribution in [3.8, 4) is 5.88 Å². The summed E-state index contributed by atoms with van der Waals surface area (Å²) in [5.74, 6) is 1.72. The number of nitrogens with zero attached hydrogens (tertiary/aromatic N) is 1. The van der Waals surface area contributed by atoms with Crippen LogP contribution in [0.15, 0.2) is 12.1 Å². The molecule has 1 N–H and O–H groups in total. The lowest BCUT2D eigenvalue weighted by Crippen LogP contribution is -2.21. The molecule has 0 amide bonds. The Balaban J connectivity index is 2.79. The summed E-state index contributed by atoms with van der Waals surface area (Å²) in [6.45, 7) is 13.1. The van der Waals surface area contributed by atoms with Crippen molar-refractivity contribution in [2.45, 2.75) is 53.2 Å². The minimum absolute atomic E-state index is 0.00128. The van der Waals surface area contributed by atoms with Gasteiger partial charge in [0.25, 0.3) is 0 Å². The molecule has 0 spiro atoms. The maximum atomic E-state index is 5.85. The van der Waals surface area contributed by atoms with Gasteiger partial charge in [-0.3, -0.25) is 0 Å². The van der Waals surface area contributed by atoms with E-state index in [-0.39, 0.29) is 6.10 Å². The first-order valence-corrected chi connectivity index (χ1v) is 7.79. The van der Waals surface area contributed by atoms with Gasteiger partial charge >= 0.3 is 0 Å². The smallest absolute Gasteiger partial charge is 0.214 e. The Morgan fingerprint density at radius 2 is 1.86 bits per heavy atom. The molecule has 0 bridgehead atoms. The van der Waals surface area contributed by atoms with Crippen molar-refractivity contribution < 1.29 is 9.47 Å². The third-order valence-corrected chi connectivity index (χ3v) is 3.08. The molecular weight excluding hydrogens is 264 g/mol. The van der Waals surface area contributed by atoms with Gasteiger partial charge in [-0.15, -0.1) is 0 Å². The molecule has 0 fully saturated rings. The number of hydrogen-bond acceptors (Lipinski definition) is 4. The van der Waals surface area contributed by atoms with Gasteiger partial charge in [-0.05, 0) is 36.9 Å². The Morgan fingerprint density at radius 1 is 1.14 bits per heavy atom. The summed E-state index contributed by atoms with van der Waals surface area (Å²) in [5, 5.41) is 3.46.